The fraction of sp³-hybridized carbons (Fsp3) is 0.423. The van der Waals surface area contributed by atoms with Crippen molar-refractivity contribution in [1.29, 1.82) is 0 Å². The molecule has 2 aliphatic heterocycles. The summed E-state index contributed by atoms with van der Waals surface area (Å²) in [6.45, 7) is 1.84. The Morgan fingerprint density at radius 3 is 2.80 bits per heavy atom. The largest absolute Gasteiger partial charge is 0.418 e. The van der Waals surface area contributed by atoms with E-state index in [1.807, 2.05) is 12.1 Å². The molecule has 210 valence electrons. The first-order chi connectivity index (χ1) is 19.5. The molecule has 1 amide bonds. The first-order valence-electron chi connectivity index (χ1n) is 13.0. The highest BCUT2D eigenvalue weighted by atomic mass is 35.5. The van der Waals surface area contributed by atoms with Crippen LogP contribution in [-0.2, 0) is 11.3 Å². The van der Waals surface area contributed by atoms with E-state index in [0.717, 1.165) is 21.3 Å². The zero-order valence-corrected chi connectivity index (χ0v) is 22.9. The molecule has 0 bridgehead atoms. The summed E-state index contributed by atoms with van der Waals surface area (Å²) in [6.07, 6.45) is 2.89. The Morgan fingerprint density at radius 1 is 1.15 bits per heavy atom. The van der Waals surface area contributed by atoms with E-state index in [1.165, 1.54) is 17.5 Å². The molecule has 3 aromatic heterocycles. The molecule has 1 aromatic carbocycles. The quantitative estimate of drug-likeness (QED) is 0.286. The summed E-state index contributed by atoms with van der Waals surface area (Å²) < 4.78 is 38.0. The second-order valence-electron chi connectivity index (χ2n) is 9.64. The molecule has 14 heteroatoms. The molecule has 4 aromatic rings. The van der Waals surface area contributed by atoms with Crippen LogP contribution in [-0.4, -0.2) is 82.5 Å². The first-order valence-corrected chi connectivity index (χ1v) is 14.2. The Kier molecular flexibility index (Phi) is 7.87. The third kappa shape index (κ3) is 5.64. The maximum atomic E-state index is 13.2. The summed E-state index contributed by atoms with van der Waals surface area (Å²) in [4.78, 5) is 33.0. The highest BCUT2D eigenvalue weighted by molar-refractivity contribution is 7.21. The molecular formula is C26H26ClF2N7O3S. The summed E-state index contributed by atoms with van der Waals surface area (Å²) in [6, 6.07) is 3.78. The molecule has 6 rings (SSSR count). The summed E-state index contributed by atoms with van der Waals surface area (Å²) >= 11 is 7.51. The summed E-state index contributed by atoms with van der Waals surface area (Å²) in [5, 5.41) is 7.14. The van der Waals surface area contributed by atoms with Gasteiger partial charge in [-0.25, -0.2) is 23.7 Å². The lowest BCUT2D eigenvalue weighted by Gasteiger charge is -2.32. The third-order valence-corrected chi connectivity index (χ3v) is 8.20. The number of fused-ring (bicyclic) bond motifs is 5. The molecule has 0 spiro atoms. The Balaban J connectivity index is 1.20. The van der Waals surface area contributed by atoms with Crippen molar-refractivity contribution in [3.63, 3.8) is 0 Å². The van der Waals surface area contributed by atoms with E-state index in [0.29, 0.717) is 61.5 Å². The number of amides is 1. The van der Waals surface area contributed by atoms with Crippen molar-refractivity contribution >= 4 is 55.7 Å². The van der Waals surface area contributed by atoms with Crippen molar-refractivity contribution in [1.82, 2.24) is 30.2 Å². The Labute approximate surface area is 237 Å². The Morgan fingerprint density at radius 2 is 1.98 bits per heavy atom. The number of carbonyl (C=O) groups excluding carboxylic acids is 1. The molecule has 1 saturated heterocycles. The number of halogens is 3. The fourth-order valence-electron chi connectivity index (χ4n) is 4.90. The molecule has 2 N–H and O–H groups in total. The van der Waals surface area contributed by atoms with Crippen LogP contribution >= 0.6 is 22.9 Å². The number of carbonyl (C=O) groups is 1. The fourth-order valence-corrected chi connectivity index (χ4v) is 6.12. The lowest BCUT2D eigenvalue weighted by atomic mass is 10.1. The number of nitrogens with zero attached hydrogens (tertiary/aromatic N) is 5. The van der Waals surface area contributed by atoms with Gasteiger partial charge < -0.3 is 20.1 Å². The smallest absolute Gasteiger partial charge is 0.263 e. The number of thiophene rings is 1. The van der Waals surface area contributed by atoms with Gasteiger partial charge in [0.25, 0.3) is 5.91 Å². The minimum atomic E-state index is -1.58. The lowest BCUT2D eigenvalue weighted by Crippen LogP contribution is -2.37. The maximum absolute atomic E-state index is 13.2. The number of aromatic nitrogens is 4. The van der Waals surface area contributed by atoms with Crippen molar-refractivity contribution in [3.05, 3.63) is 40.3 Å². The molecule has 1 fully saturated rings. The zero-order chi connectivity index (χ0) is 27.6. The van der Waals surface area contributed by atoms with E-state index in [2.05, 4.69) is 35.5 Å². The summed E-state index contributed by atoms with van der Waals surface area (Å²) in [5.74, 6) is 0.423. The molecule has 0 saturated carbocycles. The van der Waals surface area contributed by atoms with Crippen molar-refractivity contribution < 1.29 is 23.0 Å². The van der Waals surface area contributed by atoms with Crippen LogP contribution in [0.15, 0.2) is 24.5 Å². The molecule has 1 unspecified atom stereocenters. The van der Waals surface area contributed by atoms with Crippen LogP contribution in [0.5, 0.6) is 11.8 Å². The van der Waals surface area contributed by atoms with Gasteiger partial charge in [-0.15, -0.1) is 11.3 Å². The molecule has 10 nitrogen and oxygen atoms in total. The maximum Gasteiger partial charge on any atom is 0.263 e. The minimum absolute atomic E-state index is 0.0419. The van der Waals surface area contributed by atoms with Crippen LogP contribution in [0.4, 0.5) is 14.5 Å². The molecule has 40 heavy (non-hydrogen) atoms. The minimum Gasteiger partial charge on any atom is -0.418 e. The molecule has 5 heterocycles. The predicted octanol–water partition coefficient (Wildman–Crippen LogP) is 4.52. The third-order valence-electron chi connectivity index (χ3n) is 6.87. The topological polar surface area (TPSA) is 114 Å². The number of anilines is 1. The van der Waals surface area contributed by atoms with Crippen LogP contribution in [0, 0.1) is 0 Å². The number of hydrogen-bond donors (Lipinski definition) is 2. The second-order valence-corrected chi connectivity index (χ2v) is 11.0. The van der Waals surface area contributed by atoms with E-state index in [4.69, 9.17) is 21.1 Å². The number of rotatable bonds is 8. The van der Waals surface area contributed by atoms with E-state index in [9.17, 15) is 13.6 Å². The standard InChI is InChI=1S/C26H26ClF2N7O3S/c27-26-33-10-14(12-36-7-3-16(4-8-36)38-13-15(29)9-28)25(35-26)39-19-11-32-21-17(34-19)1-2-18-20(21)22-23(40-18)24(37)31-6-5-30-22/h1-2,10-11,15-16,30H,3-9,12-13H2,(H,31,37). The average Bonchev–Trinajstić information content (AvgIpc) is 3.25. The number of likely N-dealkylation sites (tertiary alicyclic amines) is 1. The van der Waals surface area contributed by atoms with Crippen molar-refractivity contribution in [2.75, 3.05) is 44.8 Å². The highest BCUT2D eigenvalue weighted by Crippen LogP contribution is 2.40. The average molecular weight is 590 g/mol. The van der Waals surface area contributed by atoms with E-state index >= 15 is 0 Å². The molecular weight excluding hydrogens is 564 g/mol. The summed E-state index contributed by atoms with van der Waals surface area (Å²) in [5.41, 5.74) is 2.78. The van der Waals surface area contributed by atoms with E-state index < -0.39 is 12.8 Å². The van der Waals surface area contributed by atoms with Gasteiger partial charge >= 0.3 is 0 Å². The number of benzene rings is 1. The van der Waals surface area contributed by atoms with Crippen molar-refractivity contribution in [2.24, 2.45) is 0 Å². The number of nitrogens with one attached hydrogen (secondary N) is 2. The van der Waals surface area contributed by atoms with Crippen molar-refractivity contribution in [3.8, 4) is 11.8 Å². The number of alkyl halides is 2. The van der Waals surface area contributed by atoms with Crippen LogP contribution in [0.2, 0.25) is 5.28 Å². The van der Waals surface area contributed by atoms with E-state index in [-0.39, 0.29) is 35.7 Å². The van der Waals surface area contributed by atoms with Gasteiger partial charge in [-0.3, -0.25) is 9.69 Å². The van der Waals surface area contributed by atoms with Gasteiger partial charge in [-0.1, -0.05) is 0 Å². The SMILES string of the molecule is O=C1NCCNc2c1sc1ccc3nc(Oc4nc(Cl)ncc4CN4CCC(OCC(F)CF)CC4)cnc3c21. The van der Waals surface area contributed by atoms with Crippen LogP contribution in [0.25, 0.3) is 21.1 Å². The zero-order valence-electron chi connectivity index (χ0n) is 21.3. The van der Waals surface area contributed by atoms with Gasteiger partial charge in [-0.05, 0) is 36.6 Å². The van der Waals surface area contributed by atoms with Gasteiger partial charge in [-0.2, -0.15) is 4.98 Å². The van der Waals surface area contributed by atoms with Gasteiger partial charge in [0.2, 0.25) is 17.0 Å². The van der Waals surface area contributed by atoms with Gasteiger partial charge in [0.15, 0.2) is 6.17 Å². The van der Waals surface area contributed by atoms with Gasteiger partial charge in [0.1, 0.15) is 11.6 Å². The van der Waals surface area contributed by atoms with Crippen LogP contribution in [0.3, 0.4) is 0 Å². The highest BCUT2D eigenvalue weighted by Gasteiger charge is 2.25. The van der Waals surface area contributed by atoms with E-state index in [1.54, 1.807) is 6.20 Å². The Hall–Kier alpha value is -3.26. The molecule has 1 atom stereocenters. The first kappa shape index (κ1) is 26.9. The van der Waals surface area contributed by atoms with Gasteiger partial charge in [0.05, 0.1) is 35.6 Å². The normalized spacial score (nSPS) is 17.3. The number of ether oxygens (including phenoxy) is 2. The molecule has 0 aliphatic carbocycles. The van der Waals surface area contributed by atoms with Crippen LogP contribution in [0.1, 0.15) is 28.1 Å². The second kappa shape index (κ2) is 11.7. The van der Waals surface area contributed by atoms with Crippen molar-refractivity contribution in [2.45, 2.75) is 31.7 Å². The summed E-state index contributed by atoms with van der Waals surface area (Å²) in [7, 11) is 0. The number of piperidine rings is 1. The number of hydrogen-bond acceptors (Lipinski definition) is 10. The lowest BCUT2D eigenvalue weighted by molar-refractivity contribution is -0.0206. The predicted molar refractivity (Wildman–Crippen MR) is 148 cm³/mol. The van der Waals surface area contributed by atoms with Gasteiger partial charge in [0, 0.05) is 54.6 Å². The Bertz CT molecular complexity index is 1550. The monoisotopic (exact) mass is 589 g/mol. The molecule has 2 aliphatic rings. The molecule has 0 radical (unpaired) electrons. The van der Waals surface area contributed by atoms with Crippen LogP contribution < -0.4 is 15.4 Å².